The van der Waals surface area contributed by atoms with Gasteiger partial charge in [-0.2, -0.15) is 0 Å². The summed E-state index contributed by atoms with van der Waals surface area (Å²) in [7, 11) is 1.42. The second-order valence-corrected chi connectivity index (χ2v) is 3.43. The first-order valence-electron chi connectivity index (χ1n) is 5.38. The lowest BCUT2D eigenvalue weighted by Gasteiger charge is -2.08. The van der Waals surface area contributed by atoms with E-state index < -0.39 is 0 Å². The highest BCUT2D eigenvalue weighted by Gasteiger charge is 2.12. The van der Waals surface area contributed by atoms with Gasteiger partial charge in [0.25, 0.3) is 0 Å². The Bertz CT molecular complexity index is 282. The van der Waals surface area contributed by atoms with Crippen LogP contribution < -0.4 is 0 Å². The topological polar surface area (TPSA) is 46.5 Å². The molecule has 1 atom stereocenters. The van der Waals surface area contributed by atoms with Gasteiger partial charge >= 0.3 is 5.97 Å². The highest BCUT2D eigenvalue weighted by Crippen LogP contribution is 2.08. The van der Waals surface area contributed by atoms with Gasteiger partial charge in [0.1, 0.15) is 0 Å². The van der Waals surface area contributed by atoms with E-state index in [-0.39, 0.29) is 18.5 Å². The molecule has 1 aromatic rings. The van der Waals surface area contributed by atoms with Crippen LogP contribution in [0.4, 0.5) is 0 Å². The van der Waals surface area contributed by atoms with Crippen LogP contribution in [-0.4, -0.2) is 24.8 Å². The van der Waals surface area contributed by atoms with Crippen LogP contribution in [0.2, 0.25) is 0 Å². The predicted octanol–water partition coefficient (Wildman–Crippen LogP) is 2.04. The summed E-state index contributed by atoms with van der Waals surface area (Å²) in [6.07, 6.45) is 0.744. The zero-order chi connectivity index (χ0) is 12.4. The second-order valence-electron chi connectivity index (χ2n) is 3.43. The van der Waals surface area contributed by atoms with E-state index in [1.54, 1.807) is 6.92 Å². The largest absolute Gasteiger partial charge is 0.469 e. The van der Waals surface area contributed by atoms with E-state index in [0.29, 0.717) is 0 Å². The van der Waals surface area contributed by atoms with Crippen LogP contribution >= 0.6 is 0 Å². The fourth-order valence-corrected chi connectivity index (χ4v) is 1.25. The van der Waals surface area contributed by atoms with E-state index in [0.717, 1.165) is 6.42 Å². The zero-order valence-corrected chi connectivity index (χ0v) is 10.1. The van der Waals surface area contributed by atoms with Gasteiger partial charge in [0.2, 0.25) is 0 Å². The lowest BCUT2D eigenvalue weighted by Crippen LogP contribution is -2.14. The van der Waals surface area contributed by atoms with E-state index in [9.17, 15) is 4.79 Å². The average molecular weight is 224 g/mol. The number of ether oxygens (including phenoxy) is 1. The minimum Gasteiger partial charge on any atom is -0.469 e. The quantitative estimate of drug-likeness (QED) is 0.799. The molecule has 1 aromatic carbocycles. The number of esters is 1. The van der Waals surface area contributed by atoms with E-state index >= 15 is 0 Å². The number of carbonyl (C=O) groups is 1. The molecule has 0 fully saturated rings. The fraction of sp³-hybridized carbons (Fsp3) is 0.462. The normalized spacial score (nSPS) is 11.0. The van der Waals surface area contributed by atoms with Gasteiger partial charge in [0.15, 0.2) is 0 Å². The molecule has 0 aliphatic heterocycles. The number of hydrogen-bond donors (Lipinski definition) is 1. The van der Waals surface area contributed by atoms with Gasteiger partial charge in [-0.25, -0.2) is 0 Å². The van der Waals surface area contributed by atoms with E-state index in [1.165, 1.54) is 12.7 Å². The maximum Gasteiger partial charge on any atom is 0.308 e. The van der Waals surface area contributed by atoms with Gasteiger partial charge in [0, 0.05) is 6.61 Å². The van der Waals surface area contributed by atoms with Crippen LogP contribution in [0.25, 0.3) is 0 Å². The Morgan fingerprint density at radius 3 is 2.31 bits per heavy atom. The Labute approximate surface area is 97.1 Å². The highest BCUT2D eigenvalue weighted by atomic mass is 16.5. The van der Waals surface area contributed by atoms with Crippen molar-refractivity contribution in [3.05, 3.63) is 35.9 Å². The summed E-state index contributed by atoms with van der Waals surface area (Å²) in [4.78, 5) is 11.1. The molecule has 3 heteroatoms. The van der Waals surface area contributed by atoms with Crippen molar-refractivity contribution in [1.29, 1.82) is 0 Å². The van der Waals surface area contributed by atoms with E-state index in [4.69, 9.17) is 5.11 Å². The molecule has 0 aliphatic carbocycles. The second kappa shape index (κ2) is 8.92. The van der Waals surface area contributed by atoms with Crippen LogP contribution in [0.1, 0.15) is 19.4 Å². The van der Waals surface area contributed by atoms with Gasteiger partial charge in [-0.3, -0.25) is 4.79 Å². The number of methoxy groups -OCH3 is 1. The lowest BCUT2D eigenvalue weighted by atomic mass is 10.0. The number of aliphatic hydroxyl groups excluding tert-OH is 1. The predicted molar refractivity (Wildman–Crippen MR) is 64.1 cm³/mol. The Morgan fingerprint density at radius 1 is 1.38 bits per heavy atom. The average Bonchev–Trinajstić information content (AvgIpc) is 2.30. The summed E-state index contributed by atoms with van der Waals surface area (Å²) in [6.45, 7) is 3.80. The third-order valence-electron chi connectivity index (χ3n) is 1.99. The van der Waals surface area contributed by atoms with Gasteiger partial charge in [-0.05, 0) is 18.9 Å². The molecule has 0 amide bonds. The number of hydrogen-bond acceptors (Lipinski definition) is 3. The minimum absolute atomic E-state index is 0.0626. The summed E-state index contributed by atoms with van der Waals surface area (Å²) in [6, 6.07) is 9.93. The van der Waals surface area contributed by atoms with Crippen molar-refractivity contribution in [3.8, 4) is 0 Å². The summed E-state index contributed by atoms with van der Waals surface area (Å²) in [5.41, 5.74) is 1.17. The van der Waals surface area contributed by atoms with Crippen molar-refractivity contribution < 1.29 is 14.6 Å². The molecule has 0 saturated carbocycles. The van der Waals surface area contributed by atoms with Crippen molar-refractivity contribution >= 4 is 5.97 Å². The van der Waals surface area contributed by atoms with Crippen molar-refractivity contribution in [3.63, 3.8) is 0 Å². The Morgan fingerprint density at radius 2 is 1.88 bits per heavy atom. The molecular weight excluding hydrogens is 204 g/mol. The number of aliphatic hydroxyl groups is 1. The molecule has 0 radical (unpaired) electrons. The van der Waals surface area contributed by atoms with Gasteiger partial charge < -0.3 is 9.84 Å². The first kappa shape index (κ1) is 14.6. The molecule has 0 saturated heterocycles. The molecule has 0 bridgehead atoms. The van der Waals surface area contributed by atoms with Crippen molar-refractivity contribution in [1.82, 2.24) is 0 Å². The Hall–Kier alpha value is -1.35. The molecule has 3 nitrogen and oxygen atoms in total. The monoisotopic (exact) mass is 224 g/mol. The van der Waals surface area contributed by atoms with Gasteiger partial charge in [0.05, 0.1) is 13.0 Å². The molecule has 0 aliphatic rings. The summed E-state index contributed by atoms with van der Waals surface area (Å²) in [5.74, 6) is -0.212. The maximum atomic E-state index is 11.1. The van der Waals surface area contributed by atoms with Crippen LogP contribution in [0, 0.1) is 5.92 Å². The van der Waals surface area contributed by atoms with Crippen molar-refractivity contribution in [2.45, 2.75) is 20.3 Å². The molecular formula is C13H20O3. The van der Waals surface area contributed by atoms with Crippen LogP contribution in [0.15, 0.2) is 30.3 Å². The molecule has 1 rings (SSSR count). The molecule has 0 aromatic heterocycles. The van der Waals surface area contributed by atoms with Crippen LogP contribution in [0.5, 0.6) is 0 Å². The summed E-state index contributed by atoms with van der Waals surface area (Å²) in [5, 5.41) is 7.57. The molecule has 1 N–H and O–H groups in total. The Kier molecular flexibility index (Phi) is 8.17. The number of rotatable bonds is 3. The van der Waals surface area contributed by atoms with Crippen LogP contribution in [0.3, 0.4) is 0 Å². The number of carbonyl (C=O) groups excluding carboxylic acids is 1. The number of benzene rings is 1. The van der Waals surface area contributed by atoms with E-state index in [2.05, 4.69) is 4.74 Å². The first-order valence-corrected chi connectivity index (χ1v) is 5.38. The van der Waals surface area contributed by atoms with Crippen molar-refractivity contribution in [2.75, 3.05) is 13.7 Å². The van der Waals surface area contributed by atoms with Crippen LogP contribution in [-0.2, 0) is 16.0 Å². The van der Waals surface area contributed by atoms with Gasteiger partial charge in [-0.1, -0.05) is 37.3 Å². The molecule has 1 unspecified atom stereocenters. The minimum atomic E-state index is -0.149. The highest BCUT2D eigenvalue weighted by molar-refractivity contribution is 5.72. The summed E-state index contributed by atoms with van der Waals surface area (Å²) >= 11 is 0. The zero-order valence-electron chi connectivity index (χ0n) is 10.1. The van der Waals surface area contributed by atoms with E-state index in [1.807, 2.05) is 37.3 Å². The summed E-state index contributed by atoms with van der Waals surface area (Å²) < 4.78 is 4.65. The fourth-order valence-electron chi connectivity index (χ4n) is 1.25. The Balaban J connectivity index is 0.000000673. The third kappa shape index (κ3) is 6.19. The molecule has 90 valence electrons. The van der Waals surface area contributed by atoms with Gasteiger partial charge in [-0.15, -0.1) is 0 Å². The maximum absolute atomic E-state index is 11.1. The lowest BCUT2D eigenvalue weighted by molar-refractivity contribution is -0.144. The van der Waals surface area contributed by atoms with Crippen molar-refractivity contribution in [2.24, 2.45) is 5.92 Å². The standard InChI is InChI=1S/C11H14O2.C2H6O/c1-9(11(12)13-2)8-10-6-4-3-5-7-10;1-2-3/h3-7,9H,8H2,1-2H3;3H,2H2,1H3. The first-order chi connectivity index (χ1) is 7.65. The molecule has 0 heterocycles. The molecule has 16 heavy (non-hydrogen) atoms. The third-order valence-corrected chi connectivity index (χ3v) is 1.99. The smallest absolute Gasteiger partial charge is 0.308 e. The SMILES string of the molecule is CCO.COC(=O)C(C)Cc1ccccc1. The molecule has 0 spiro atoms.